The number of non-ortho nitro benzene ring substituents is 1. The predicted octanol–water partition coefficient (Wildman–Crippen LogP) is 4.10. The maximum absolute atomic E-state index is 11.7. The molecule has 23 heavy (non-hydrogen) atoms. The summed E-state index contributed by atoms with van der Waals surface area (Å²) >= 11 is 0. The van der Waals surface area contributed by atoms with Crippen molar-refractivity contribution in [1.29, 1.82) is 0 Å². The summed E-state index contributed by atoms with van der Waals surface area (Å²) in [5.74, 6) is 2.00. The van der Waals surface area contributed by atoms with E-state index < -0.39 is 11.1 Å². The van der Waals surface area contributed by atoms with Gasteiger partial charge in [-0.1, -0.05) is 12.2 Å². The molecule has 0 saturated heterocycles. The summed E-state index contributed by atoms with van der Waals surface area (Å²) in [7, 11) is 0. The van der Waals surface area contributed by atoms with E-state index in [4.69, 9.17) is 9.47 Å². The largest absolute Gasteiger partial charge is 0.513 e. The summed E-state index contributed by atoms with van der Waals surface area (Å²) in [6.45, 7) is 0.390. The van der Waals surface area contributed by atoms with Crippen molar-refractivity contribution in [2.45, 2.75) is 25.7 Å². The molecule has 0 N–H and O–H groups in total. The van der Waals surface area contributed by atoms with Crippen LogP contribution in [-0.2, 0) is 4.74 Å². The Morgan fingerprint density at radius 2 is 1.74 bits per heavy atom. The van der Waals surface area contributed by atoms with Crippen LogP contribution in [0.25, 0.3) is 0 Å². The quantitative estimate of drug-likeness (QED) is 0.274. The van der Waals surface area contributed by atoms with E-state index in [0.29, 0.717) is 24.4 Å². The van der Waals surface area contributed by atoms with Crippen molar-refractivity contribution in [3.05, 3.63) is 46.5 Å². The van der Waals surface area contributed by atoms with E-state index in [0.717, 1.165) is 25.7 Å². The van der Waals surface area contributed by atoms with Crippen LogP contribution in [0.5, 0.6) is 5.75 Å². The van der Waals surface area contributed by atoms with Gasteiger partial charge in [-0.15, -0.1) is 0 Å². The van der Waals surface area contributed by atoms with Crippen LogP contribution in [-0.4, -0.2) is 17.7 Å². The fraction of sp³-hybridized carbons (Fsp3) is 0.471. The number of hydrogen-bond acceptors (Lipinski definition) is 5. The molecule has 1 aromatic rings. The maximum atomic E-state index is 11.7. The van der Waals surface area contributed by atoms with Gasteiger partial charge in [0.25, 0.3) is 5.69 Å². The third-order valence-corrected chi connectivity index (χ3v) is 4.65. The Morgan fingerprint density at radius 3 is 2.30 bits per heavy atom. The molecule has 122 valence electrons. The molecule has 1 aromatic carbocycles. The molecule has 0 amide bonds. The van der Waals surface area contributed by atoms with Crippen molar-refractivity contribution in [3.8, 4) is 5.75 Å². The number of hydrogen-bond donors (Lipinski definition) is 0. The summed E-state index contributed by atoms with van der Waals surface area (Å²) in [5, 5.41) is 10.6. The third-order valence-electron chi connectivity index (χ3n) is 4.65. The van der Waals surface area contributed by atoms with E-state index in [-0.39, 0.29) is 11.4 Å². The summed E-state index contributed by atoms with van der Waals surface area (Å²) in [4.78, 5) is 21.8. The van der Waals surface area contributed by atoms with Gasteiger partial charge >= 0.3 is 6.16 Å². The van der Waals surface area contributed by atoms with Gasteiger partial charge in [-0.05, 0) is 55.6 Å². The molecular weight excluding hydrogens is 298 g/mol. The molecule has 2 aliphatic carbocycles. The summed E-state index contributed by atoms with van der Waals surface area (Å²) in [6, 6.07) is 5.35. The molecule has 0 aromatic heterocycles. The standard InChI is InChI=1S/C17H19NO5/c19-17(23-13-9-7-12(8-10-13)18(20)21)22-11-16-14-5-3-1-2-4-6-15(14)16/h1-2,7-10,14-16H,3-6,11H2/t14-,15+,16?. The first-order chi connectivity index (χ1) is 11.1. The molecule has 6 heteroatoms. The Hall–Kier alpha value is -2.37. The fourth-order valence-corrected chi connectivity index (χ4v) is 3.37. The fourth-order valence-electron chi connectivity index (χ4n) is 3.37. The molecule has 6 nitrogen and oxygen atoms in total. The van der Waals surface area contributed by atoms with E-state index >= 15 is 0 Å². The highest BCUT2D eigenvalue weighted by Gasteiger charge is 2.49. The molecule has 0 heterocycles. The highest BCUT2D eigenvalue weighted by Crippen LogP contribution is 2.52. The highest BCUT2D eigenvalue weighted by molar-refractivity contribution is 5.64. The minimum Gasteiger partial charge on any atom is -0.434 e. The van der Waals surface area contributed by atoms with Crippen molar-refractivity contribution in [3.63, 3.8) is 0 Å². The van der Waals surface area contributed by atoms with Crippen LogP contribution < -0.4 is 4.74 Å². The van der Waals surface area contributed by atoms with E-state index in [9.17, 15) is 14.9 Å². The zero-order chi connectivity index (χ0) is 16.2. The van der Waals surface area contributed by atoms with Crippen LogP contribution in [0.2, 0.25) is 0 Å². The maximum Gasteiger partial charge on any atom is 0.513 e. The average Bonchev–Trinajstić information content (AvgIpc) is 3.15. The molecule has 3 rings (SSSR count). The van der Waals surface area contributed by atoms with Gasteiger partial charge in [0.15, 0.2) is 0 Å². The van der Waals surface area contributed by atoms with Gasteiger partial charge in [-0.25, -0.2) is 4.79 Å². The second-order valence-electron chi connectivity index (χ2n) is 6.03. The van der Waals surface area contributed by atoms with Gasteiger partial charge in [-0.2, -0.15) is 0 Å². The third kappa shape index (κ3) is 3.88. The molecule has 3 atom stereocenters. The number of rotatable bonds is 4. The first kappa shape index (κ1) is 15.5. The lowest BCUT2D eigenvalue weighted by molar-refractivity contribution is -0.384. The molecule has 0 radical (unpaired) electrons. The van der Waals surface area contributed by atoms with Crippen LogP contribution >= 0.6 is 0 Å². The minimum atomic E-state index is -0.753. The molecule has 0 spiro atoms. The monoisotopic (exact) mass is 317 g/mol. The van der Waals surface area contributed by atoms with Gasteiger partial charge in [0.1, 0.15) is 5.75 Å². The van der Waals surface area contributed by atoms with Crippen LogP contribution in [0.3, 0.4) is 0 Å². The highest BCUT2D eigenvalue weighted by atomic mass is 16.7. The van der Waals surface area contributed by atoms with E-state index in [1.54, 1.807) is 0 Å². The number of nitrogens with zero attached hydrogens (tertiary/aromatic N) is 1. The number of fused-ring (bicyclic) bond motifs is 1. The predicted molar refractivity (Wildman–Crippen MR) is 83.2 cm³/mol. The van der Waals surface area contributed by atoms with Gasteiger partial charge in [-0.3, -0.25) is 10.1 Å². The Morgan fingerprint density at radius 1 is 1.13 bits per heavy atom. The van der Waals surface area contributed by atoms with E-state index in [1.807, 2.05) is 0 Å². The van der Waals surface area contributed by atoms with Gasteiger partial charge < -0.3 is 9.47 Å². The molecule has 1 saturated carbocycles. The number of carbonyl (C=O) groups excluding carboxylic acids is 1. The summed E-state index contributed by atoms with van der Waals surface area (Å²) < 4.78 is 10.2. The molecule has 2 aliphatic rings. The molecule has 0 bridgehead atoms. The minimum absolute atomic E-state index is 0.0477. The summed E-state index contributed by atoms with van der Waals surface area (Å²) in [5.41, 5.74) is -0.0477. The Bertz CT molecular complexity index is 594. The molecule has 1 unspecified atom stereocenters. The van der Waals surface area contributed by atoms with Crippen molar-refractivity contribution < 1.29 is 19.2 Å². The first-order valence-electron chi connectivity index (χ1n) is 7.89. The molecular formula is C17H19NO5. The van der Waals surface area contributed by atoms with Crippen LogP contribution in [0.4, 0.5) is 10.5 Å². The van der Waals surface area contributed by atoms with Crippen molar-refractivity contribution >= 4 is 11.8 Å². The number of nitro groups is 1. The Kier molecular flexibility index (Phi) is 4.60. The second-order valence-corrected chi connectivity index (χ2v) is 6.03. The van der Waals surface area contributed by atoms with Gasteiger partial charge in [0, 0.05) is 12.1 Å². The lowest BCUT2D eigenvalue weighted by Gasteiger charge is -2.05. The lowest BCUT2D eigenvalue weighted by atomic mass is 10.1. The van der Waals surface area contributed by atoms with Gasteiger partial charge in [0.05, 0.1) is 11.5 Å². The number of allylic oxidation sites excluding steroid dienone is 2. The molecule has 0 aliphatic heterocycles. The van der Waals surface area contributed by atoms with Crippen LogP contribution in [0, 0.1) is 27.9 Å². The normalized spacial score (nSPS) is 25.7. The van der Waals surface area contributed by atoms with Crippen molar-refractivity contribution in [1.82, 2.24) is 0 Å². The Labute approximate surface area is 134 Å². The second kappa shape index (κ2) is 6.81. The number of benzene rings is 1. The first-order valence-corrected chi connectivity index (χ1v) is 7.89. The van der Waals surface area contributed by atoms with Crippen molar-refractivity contribution in [2.75, 3.05) is 6.61 Å². The van der Waals surface area contributed by atoms with Crippen molar-refractivity contribution in [2.24, 2.45) is 17.8 Å². The number of ether oxygens (including phenoxy) is 2. The smallest absolute Gasteiger partial charge is 0.434 e. The van der Waals surface area contributed by atoms with E-state index in [2.05, 4.69) is 12.2 Å². The van der Waals surface area contributed by atoms with E-state index in [1.165, 1.54) is 24.3 Å². The van der Waals surface area contributed by atoms with Crippen LogP contribution in [0.1, 0.15) is 25.7 Å². The molecule has 1 fully saturated rings. The number of nitro benzene ring substituents is 1. The Balaban J connectivity index is 1.44. The van der Waals surface area contributed by atoms with Gasteiger partial charge in [0.2, 0.25) is 0 Å². The number of carbonyl (C=O) groups is 1. The lowest BCUT2D eigenvalue weighted by Crippen LogP contribution is -2.13. The zero-order valence-corrected chi connectivity index (χ0v) is 12.7. The average molecular weight is 317 g/mol. The topological polar surface area (TPSA) is 78.7 Å². The SMILES string of the molecule is O=C(OCC1[C@H]2CCC=CCC[C@@H]12)Oc1ccc([N+](=O)[O-])cc1. The zero-order valence-electron chi connectivity index (χ0n) is 12.7. The van der Waals surface area contributed by atoms with Crippen LogP contribution in [0.15, 0.2) is 36.4 Å². The summed E-state index contributed by atoms with van der Waals surface area (Å²) in [6.07, 6.45) is 8.23.